The SMILES string of the molecule is CC(C(=O)O)C1CC(=O)OC1=O. The number of carbonyl (C=O) groups is 3. The number of carboxylic acids is 1. The number of aliphatic carboxylic acids is 1. The third-order valence-corrected chi connectivity index (χ3v) is 1.90. The van der Waals surface area contributed by atoms with Crippen LogP contribution in [0, 0.1) is 11.8 Å². The minimum atomic E-state index is -1.09. The van der Waals surface area contributed by atoms with Gasteiger partial charge in [-0.1, -0.05) is 6.92 Å². The summed E-state index contributed by atoms with van der Waals surface area (Å²) in [5.74, 6) is -4.13. The first-order chi connectivity index (χ1) is 5.52. The zero-order valence-electron chi connectivity index (χ0n) is 6.44. The standard InChI is InChI=1S/C7H8O5/c1-3(6(9)10)4-2-5(8)12-7(4)11/h3-4H,2H2,1H3,(H,9,10). The van der Waals surface area contributed by atoms with Crippen molar-refractivity contribution in [2.45, 2.75) is 13.3 Å². The van der Waals surface area contributed by atoms with Crippen molar-refractivity contribution in [1.29, 1.82) is 0 Å². The minimum absolute atomic E-state index is 0.119. The molecule has 0 spiro atoms. The molecule has 1 saturated heterocycles. The predicted molar refractivity (Wildman–Crippen MR) is 36.0 cm³/mol. The Morgan fingerprint density at radius 2 is 2.25 bits per heavy atom. The van der Waals surface area contributed by atoms with E-state index in [-0.39, 0.29) is 6.42 Å². The molecule has 0 amide bonds. The number of hydrogen-bond donors (Lipinski definition) is 1. The van der Waals surface area contributed by atoms with Crippen molar-refractivity contribution in [1.82, 2.24) is 0 Å². The summed E-state index contributed by atoms with van der Waals surface area (Å²) in [4.78, 5) is 31.8. The van der Waals surface area contributed by atoms with Crippen LogP contribution in [0.4, 0.5) is 0 Å². The van der Waals surface area contributed by atoms with Gasteiger partial charge in [0.25, 0.3) is 0 Å². The number of ether oxygens (including phenoxy) is 1. The number of hydrogen-bond acceptors (Lipinski definition) is 4. The monoisotopic (exact) mass is 172 g/mol. The lowest BCUT2D eigenvalue weighted by molar-refractivity contribution is -0.156. The van der Waals surface area contributed by atoms with E-state index >= 15 is 0 Å². The average molecular weight is 172 g/mol. The van der Waals surface area contributed by atoms with E-state index < -0.39 is 29.7 Å². The highest BCUT2D eigenvalue weighted by atomic mass is 16.6. The summed E-state index contributed by atoms with van der Waals surface area (Å²) < 4.78 is 4.20. The number of rotatable bonds is 2. The van der Waals surface area contributed by atoms with Crippen LogP contribution in [-0.2, 0) is 19.1 Å². The third-order valence-electron chi connectivity index (χ3n) is 1.90. The van der Waals surface area contributed by atoms with Crippen molar-refractivity contribution in [3.8, 4) is 0 Å². The number of carbonyl (C=O) groups excluding carboxylic acids is 2. The highest BCUT2D eigenvalue weighted by Gasteiger charge is 2.40. The summed E-state index contributed by atoms with van der Waals surface area (Å²) >= 11 is 0. The van der Waals surface area contributed by atoms with E-state index in [1.807, 2.05) is 0 Å². The van der Waals surface area contributed by atoms with Crippen molar-refractivity contribution >= 4 is 17.9 Å². The molecule has 0 aromatic heterocycles. The van der Waals surface area contributed by atoms with Gasteiger partial charge in [-0.15, -0.1) is 0 Å². The lowest BCUT2D eigenvalue weighted by Gasteiger charge is -2.07. The quantitative estimate of drug-likeness (QED) is 0.460. The highest BCUT2D eigenvalue weighted by molar-refractivity contribution is 5.96. The smallest absolute Gasteiger partial charge is 0.318 e. The lowest BCUT2D eigenvalue weighted by Crippen LogP contribution is -2.23. The molecule has 1 rings (SSSR count). The molecule has 0 bridgehead atoms. The molecule has 0 aromatic carbocycles. The maximum Gasteiger partial charge on any atom is 0.318 e. The van der Waals surface area contributed by atoms with Gasteiger partial charge in [0.15, 0.2) is 0 Å². The van der Waals surface area contributed by atoms with Crippen molar-refractivity contribution in [2.75, 3.05) is 0 Å². The van der Waals surface area contributed by atoms with Gasteiger partial charge < -0.3 is 9.84 Å². The first-order valence-corrected chi connectivity index (χ1v) is 3.49. The summed E-state index contributed by atoms with van der Waals surface area (Å²) in [6.07, 6.45) is -0.119. The van der Waals surface area contributed by atoms with Gasteiger partial charge in [0.1, 0.15) is 0 Å². The van der Waals surface area contributed by atoms with Crippen LogP contribution in [0.3, 0.4) is 0 Å². The minimum Gasteiger partial charge on any atom is -0.481 e. The summed E-state index contributed by atoms with van der Waals surface area (Å²) in [6.45, 7) is 1.38. The average Bonchev–Trinajstić information content (AvgIpc) is 2.28. The molecule has 1 fully saturated rings. The second-order valence-electron chi connectivity index (χ2n) is 2.73. The Hall–Kier alpha value is -1.39. The molecule has 5 heteroatoms. The largest absolute Gasteiger partial charge is 0.481 e. The number of cyclic esters (lactones) is 2. The molecule has 0 saturated carbocycles. The lowest BCUT2D eigenvalue weighted by atomic mass is 9.93. The van der Waals surface area contributed by atoms with Gasteiger partial charge in [-0.25, -0.2) is 0 Å². The van der Waals surface area contributed by atoms with Crippen LogP contribution >= 0.6 is 0 Å². The molecule has 0 aromatic rings. The number of esters is 2. The van der Waals surface area contributed by atoms with Crippen molar-refractivity contribution in [3.63, 3.8) is 0 Å². The summed E-state index contributed by atoms with van der Waals surface area (Å²) in [5.41, 5.74) is 0. The van der Waals surface area contributed by atoms with Crippen LogP contribution in [0.2, 0.25) is 0 Å². The Morgan fingerprint density at radius 1 is 1.67 bits per heavy atom. The van der Waals surface area contributed by atoms with E-state index in [1.165, 1.54) is 6.92 Å². The molecular weight excluding hydrogens is 164 g/mol. The zero-order chi connectivity index (χ0) is 9.30. The topological polar surface area (TPSA) is 80.7 Å². The van der Waals surface area contributed by atoms with Gasteiger partial charge in [0.2, 0.25) is 0 Å². The van der Waals surface area contributed by atoms with Crippen LogP contribution in [-0.4, -0.2) is 23.0 Å². The first-order valence-electron chi connectivity index (χ1n) is 3.49. The van der Waals surface area contributed by atoms with E-state index in [0.29, 0.717) is 0 Å². The molecular formula is C7H8O5. The molecule has 2 atom stereocenters. The van der Waals surface area contributed by atoms with Crippen LogP contribution in [0.1, 0.15) is 13.3 Å². The molecule has 1 N–H and O–H groups in total. The van der Waals surface area contributed by atoms with E-state index in [4.69, 9.17) is 5.11 Å². The van der Waals surface area contributed by atoms with Gasteiger partial charge in [-0.3, -0.25) is 14.4 Å². The van der Waals surface area contributed by atoms with Gasteiger partial charge in [0, 0.05) is 0 Å². The van der Waals surface area contributed by atoms with Crippen LogP contribution in [0.15, 0.2) is 0 Å². The molecule has 1 aliphatic rings. The van der Waals surface area contributed by atoms with Gasteiger partial charge >= 0.3 is 17.9 Å². The molecule has 0 radical (unpaired) electrons. The van der Waals surface area contributed by atoms with Crippen LogP contribution in [0.5, 0.6) is 0 Å². The van der Waals surface area contributed by atoms with E-state index in [0.717, 1.165) is 0 Å². The normalized spacial score (nSPS) is 25.2. The fourth-order valence-electron chi connectivity index (χ4n) is 1.05. The Kier molecular flexibility index (Phi) is 2.12. The third kappa shape index (κ3) is 1.44. The second kappa shape index (κ2) is 2.92. The molecule has 5 nitrogen and oxygen atoms in total. The van der Waals surface area contributed by atoms with Gasteiger partial charge in [-0.2, -0.15) is 0 Å². The van der Waals surface area contributed by atoms with Crippen molar-refractivity contribution < 1.29 is 24.2 Å². The fourth-order valence-corrected chi connectivity index (χ4v) is 1.05. The molecule has 1 aliphatic heterocycles. The Morgan fingerprint density at radius 3 is 2.58 bits per heavy atom. The maximum absolute atomic E-state index is 10.8. The fraction of sp³-hybridized carbons (Fsp3) is 0.571. The summed E-state index contributed by atoms with van der Waals surface area (Å²) in [7, 11) is 0. The predicted octanol–water partition coefficient (Wildman–Crippen LogP) is -0.203. The zero-order valence-corrected chi connectivity index (χ0v) is 6.44. The highest BCUT2D eigenvalue weighted by Crippen LogP contribution is 2.24. The summed E-state index contributed by atoms with van der Waals surface area (Å²) in [6, 6.07) is 0. The molecule has 0 aliphatic carbocycles. The second-order valence-corrected chi connectivity index (χ2v) is 2.73. The van der Waals surface area contributed by atoms with E-state index in [1.54, 1.807) is 0 Å². The number of carboxylic acid groups (broad SMARTS) is 1. The molecule has 66 valence electrons. The van der Waals surface area contributed by atoms with Gasteiger partial charge in [0.05, 0.1) is 18.3 Å². The Balaban J connectivity index is 2.70. The van der Waals surface area contributed by atoms with E-state index in [9.17, 15) is 14.4 Å². The van der Waals surface area contributed by atoms with Crippen molar-refractivity contribution in [3.05, 3.63) is 0 Å². The van der Waals surface area contributed by atoms with E-state index in [2.05, 4.69) is 4.74 Å². The first kappa shape index (κ1) is 8.70. The van der Waals surface area contributed by atoms with Gasteiger partial charge in [-0.05, 0) is 0 Å². The summed E-state index contributed by atoms with van der Waals surface area (Å²) in [5, 5.41) is 8.53. The molecule has 12 heavy (non-hydrogen) atoms. The molecule has 1 heterocycles. The van der Waals surface area contributed by atoms with Crippen molar-refractivity contribution in [2.24, 2.45) is 11.8 Å². The Labute approximate surface area is 68.3 Å². The molecule has 2 unspecified atom stereocenters. The maximum atomic E-state index is 10.8. The van der Waals surface area contributed by atoms with Crippen LogP contribution in [0.25, 0.3) is 0 Å². The Bertz CT molecular complexity index is 244. The van der Waals surface area contributed by atoms with Crippen LogP contribution < -0.4 is 0 Å².